The lowest BCUT2D eigenvalue weighted by atomic mass is 10.6. The third-order valence-corrected chi connectivity index (χ3v) is 4.85. The van der Waals surface area contributed by atoms with Crippen molar-refractivity contribution in [2.75, 3.05) is 26.3 Å². The van der Waals surface area contributed by atoms with Gasteiger partial charge in [-0.1, -0.05) is 0 Å². The normalized spacial score (nSPS) is 12.2. The average molecular weight is 252 g/mol. The second-order valence-electron chi connectivity index (χ2n) is 2.67. The molecule has 0 aliphatic heterocycles. The van der Waals surface area contributed by atoms with E-state index in [2.05, 4.69) is 4.98 Å². The van der Waals surface area contributed by atoms with Gasteiger partial charge >= 0.3 is 0 Å². The SMILES string of the molecule is O=S(=O)(c1cncs1)N(CCO)CCO. The molecule has 0 saturated heterocycles. The molecule has 0 unspecified atom stereocenters. The highest BCUT2D eigenvalue weighted by Crippen LogP contribution is 2.18. The molecule has 0 aromatic carbocycles. The van der Waals surface area contributed by atoms with E-state index in [0.717, 1.165) is 15.6 Å². The van der Waals surface area contributed by atoms with Crippen LogP contribution in [-0.4, -0.2) is 54.2 Å². The molecule has 0 atom stereocenters. The van der Waals surface area contributed by atoms with Gasteiger partial charge in [-0.3, -0.25) is 4.98 Å². The first kappa shape index (κ1) is 12.5. The van der Waals surface area contributed by atoms with E-state index in [1.54, 1.807) is 0 Å². The molecular formula is C7H12N2O4S2. The van der Waals surface area contributed by atoms with Gasteiger partial charge in [0, 0.05) is 13.1 Å². The maximum absolute atomic E-state index is 11.8. The molecule has 0 spiro atoms. The number of hydrogen-bond donors (Lipinski definition) is 2. The van der Waals surface area contributed by atoms with Crippen molar-refractivity contribution in [2.24, 2.45) is 0 Å². The molecule has 0 aliphatic carbocycles. The number of aliphatic hydroxyl groups excluding tert-OH is 2. The Hall–Kier alpha value is -0.540. The first-order valence-electron chi connectivity index (χ1n) is 4.23. The molecule has 0 bridgehead atoms. The molecule has 1 aromatic heterocycles. The minimum Gasteiger partial charge on any atom is -0.395 e. The Kier molecular flexibility index (Phi) is 4.61. The van der Waals surface area contributed by atoms with Crippen LogP contribution in [-0.2, 0) is 10.0 Å². The van der Waals surface area contributed by atoms with Gasteiger partial charge in [0.2, 0.25) is 0 Å². The van der Waals surface area contributed by atoms with Gasteiger partial charge < -0.3 is 10.2 Å². The van der Waals surface area contributed by atoms with Crippen molar-refractivity contribution in [1.82, 2.24) is 9.29 Å². The van der Waals surface area contributed by atoms with Gasteiger partial charge in [0.05, 0.1) is 24.9 Å². The molecule has 1 heterocycles. The molecule has 15 heavy (non-hydrogen) atoms. The van der Waals surface area contributed by atoms with E-state index >= 15 is 0 Å². The van der Waals surface area contributed by atoms with Crippen LogP contribution in [0.1, 0.15) is 0 Å². The summed E-state index contributed by atoms with van der Waals surface area (Å²) in [6.45, 7) is -0.613. The largest absolute Gasteiger partial charge is 0.395 e. The molecule has 1 rings (SSSR count). The summed E-state index contributed by atoms with van der Waals surface area (Å²) < 4.78 is 24.8. The fraction of sp³-hybridized carbons (Fsp3) is 0.571. The minimum absolute atomic E-state index is 0.0270. The number of aliphatic hydroxyl groups is 2. The lowest BCUT2D eigenvalue weighted by molar-refractivity contribution is 0.217. The Balaban J connectivity index is 2.91. The van der Waals surface area contributed by atoms with Gasteiger partial charge in [-0.2, -0.15) is 4.31 Å². The second kappa shape index (κ2) is 5.52. The summed E-state index contributed by atoms with van der Waals surface area (Å²) in [5, 5.41) is 17.4. The maximum atomic E-state index is 11.8. The standard InChI is InChI=1S/C7H12N2O4S2/c10-3-1-9(2-4-11)15(12,13)7-5-8-6-14-7/h5-6,10-11H,1-4H2. The van der Waals surface area contributed by atoms with Gasteiger partial charge in [-0.15, -0.1) is 11.3 Å². The van der Waals surface area contributed by atoms with Gasteiger partial charge in [0.1, 0.15) is 0 Å². The summed E-state index contributed by atoms with van der Waals surface area (Å²) in [4.78, 5) is 3.68. The van der Waals surface area contributed by atoms with Crippen LogP contribution >= 0.6 is 11.3 Å². The van der Waals surface area contributed by atoms with Crippen molar-refractivity contribution in [3.63, 3.8) is 0 Å². The summed E-state index contributed by atoms with van der Waals surface area (Å²) in [6, 6.07) is 0. The van der Waals surface area contributed by atoms with Gasteiger partial charge in [0.25, 0.3) is 10.0 Å². The van der Waals surface area contributed by atoms with Crippen LogP contribution in [0.25, 0.3) is 0 Å². The number of aromatic nitrogens is 1. The number of hydrogen-bond acceptors (Lipinski definition) is 6. The molecule has 1 aromatic rings. The van der Waals surface area contributed by atoms with Crippen molar-refractivity contribution in [1.29, 1.82) is 0 Å². The van der Waals surface area contributed by atoms with E-state index in [0.29, 0.717) is 0 Å². The quantitative estimate of drug-likeness (QED) is 0.686. The summed E-state index contributed by atoms with van der Waals surface area (Å²) >= 11 is 1.01. The molecule has 0 radical (unpaired) electrons. The zero-order valence-electron chi connectivity index (χ0n) is 7.90. The third-order valence-electron chi connectivity index (χ3n) is 1.70. The van der Waals surface area contributed by atoms with Gasteiger partial charge in [-0.05, 0) is 0 Å². The summed E-state index contributed by atoms with van der Waals surface area (Å²) in [6.07, 6.45) is 1.25. The zero-order chi connectivity index (χ0) is 11.3. The maximum Gasteiger partial charge on any atom is 0.254 e. The van der Waals surface area contributed by atoms with E-state index < -0.39 is 10.0 Å². The van der Waals surface area contributed by atoms with Crippen LogP contribution in [0.4, 0.5) is 0 Å². The monoisotopic (exact) mass is 252 g/mol. The number of thiazole rings is 1. The first-order valence-corrected chi connectivity index (χ1v) is 6.55. The molecular weight excluding hydrogens is 240 g/mol. The molecule has 6 nitrogen and oxygen atoms in total. The van der Waals surface area contributed by atoms with E-state index in [-0.39, 0.29) is 30.5 Å². The van der Waals surface area contributed by atoms with Crippen LogP contribution in [0.15, 0.2) is 15.9 Å². The smallest absolute Gasteiger partial charge is 0.254 e. The number of rotatable bonds is 6. The van der Waals surface area contributed by atoms with Crippen LogP contribution in [0.3, 0.4) is 0 Å². The molecule has 0 aliphatic rings. The Labute approximate surface area is 91.9 Å². The molecule has 0 amide bonds. The molecule has 86 valence electrons. The number of nitrogens with zero attached hydrogens (tertiary/aromatic N) is 2. The summed E-state index contributed by atoms with van der Waals surface area (Å²) in [7, 11) is -3.61. The fourth-order valence-corrected chi connectivity index (χ4v) is 3.41. The van der Waals surface area contributed by atoms with Crippen LogP contribution < -0.4 is 0 Å². The van der Waals surface area contributed by atoms with Crippen molar-refractivity contribution in [3.05, 3.63) is 11.7 Å². The Morgan fingerprint density at radius 2 is 1.93 bits per heavy atom. The van der Waals surface area contributed by atoms with Crippen molar-refractivity contribution in [3.8, 4) is 0 Å². The van der Waals surface area contributed by atoms with Gasteiger partial charge in [-0.25, -0.2) is 8.42 Å². The van der Waals surface area contributed by atoms with Crippen molar-refractivity contribution >= 4 is 21.4 Å². The molecule has 0 saturated carbocycles. The second-order valence-corrected chi connectivity index (χ2v) is 5.72. The van der Waals surface area contributed by atoms with Crippen molar-refractivity contribution < 1.29 is 18.6 Å². The third kappa shape index (κ3) is 2.95. The van der Waals surface area contributed by atoms with Crippen molar-refractivity contribution in [2.45, 2.75) is 4.21 Å². The topological polar surface area (TPSA) is 90.7 Å². The molecule has 8 heteroatoms. The first-order chi connectivity index (χ1) is 7.12. The lowest BCUT2D eigenvalue weighted by Crippen LogP contribution is -2.35. The van der Waals surface area contributed by atoms with E-state index in [9.17, 15) is 8.42 Å². The molecule has 0 fully saturated rings. The van der Waals surface area contributed by atoms with E-state index in [4.69, 9.17) is 10.2 Å². The lowest BCUT2D eigenvalue weighted by Gasteiger charge is -2.18. The van der Waals surface area contributed by atoms with E-state index in [1.807, 2.05) is 0 Å². The minimum atomic E-state index is -3.61. The fourth-order valence-electron chi connectivity index (χ4n) is 1.03. The highest BCUT2D eigenvalue weighted by atomic mass is 32.2. The average Bonchev–Trinajstić information content (AvgIpc) is 2.70. The molecule has 2 N–H and O–H groups in total. The summed E-state index contributed by atoms with van der Waals surface area (Å²) in [5.41, 5.74) is 1.42. The van der Waals surface area contributed by atoms with Crippen LogP contribution in [0.5, 0.6) is 0 Å². The van der Waals surface area contributed by atoms with Gasteiger partial charge in [0.15, 0.2) is 4.21 Å². The summed E-state index contributed by atoms with van der Waals surface area (Å²) in [5.74, 6) is 0. The Bertz CT molecular complexity index is 370. The predicted octanol–water partition coefficient (Wildman–Crippen LogP) is -0.882. The highest BCUT2D eigenvalue weighted by molar-refractivity contribution is 7.91. The predicted molar refractivity (Wildman–Crippen MR) is 55.0 cm³/mol. The Morgan fingerprint density at radius 1 is 1.33 bits per heavy atom. The zero-order valence-corrected chi connectivity index (χ0v) is 9.54. The number of sulfonamides is 1. The van der Waals surface area contributed by atoms with Crippen LogP contribution in [0, 0.1) is 0 Å². The Morgan fingerprint density at radius 3 is 2.33 bits per heavy atom. The van der Waals surface area contributed by atoms with Crippen LogP contribution in [0.2, 0.25) is 0 Å². The highest BCUT2D eigenvalue weighted by Gasteiger charge is 2.24. The van der Waals surface area contributed by atoms with E-state index in [1.165, 1.54) is 11.7 Å².